The lowest BCUT2D eigenvalue weighted by atomic mass is 10.0. The molecule has 0 amide bonds. The maximum atomic E-state index is 6.14. The van der Waals surface area contributed by atoms with Crippen LogP contribution in [0.3, 0.4) is 0 Å². The number of halogens is 1. The van der Waals surface area contributed by atoms with Crippen LogP contribution in [0.2, 0.25) is 0 Å². The topological polar surface area (TPSA) is 38.9 Å². The van der Waals surface area contributed by atoms with Gasteiger partial charge in [0.25, 0.3) is 0 Å². The van der Waals surface area contributed by atoms with Gasteiger partial charge in [0.05, 0.1) is 17.3 Å². The number of nitrogens with zero attached hydrogens (tertiary/aromatic N) is 1. The van der Waals surface area contributed by atoms with Crippen molar-refractivity contribution in [1.82, 2.24) is 4.98 Å². The summed E-state index contributed by atoms with van der Waals surface area (Å²) in [7, 11) is 0. The molecule has 1 aromatic heterocycles. The van der Waals surface area contributed by atoms with Crippen LogP contribution in [0.25, 0.3) is 10.9 Å². The predicted molar refractivity (Wildman–Crippen MR) is 71.2 cm³/mol. The smallest absolute Gasteiger partial charge is 0.0723 e. The third kappa shape index (κ3) is 2.11. The molecule has 0 saturated heterocycles. The summed E-state index contributed by atoms with van der Waals surface area (Å²) in [5, 5.41) is 1.13. The summed E-state index contributed by atoms with van der Waals surface area (Å²) in [4.78, 5) is 4.62. The van der Waals surface area contributed by atoms with E-state index in [1.165, 1.54) is 0 Å². The lowest BCUT2D eigenvalue weighted by Gasteiger charge is -2.17. The molecular formula is C13H15BrN2. The van der Waals surface area contributed by atoms with Gasteiger partial charge in [0.2, 0.25) is 0 Å². The summed E-state index contributed by atoms with van der Waals surface area (Å²) < 4.78 is 0.993. The molecule has 2 aromatic rings. The number of para-hydroxylation sites is 1. The van der Waals surface area contributed by atoms with Crippen molar-refractivity contribution in [2.24, 2.45) is 11.7 Å². The van der Waals surface area contributed by atoms with Crippen LogP contribution in [0, 0.1) is 5.92 Å². The second kappa shape index (κ2) is 4.52. The SMILES string of the molecule is CC(C)C(N)c1nc2ccccc2cc1Br. The molecule has 0 aliphatic heterocycles. The van der Waals surface area contributed by atoms with E-state index in [1.54, 1.807) is 0 Å². The number of hydrogen-bond acceptors (Lipinski definition) is 2. The van der Waals surface area contributed by atoms with Gasteiger partial charge in [-0.3, -0.25) is 0 Å². The zero-order valence-corrected chi connectivity index (χ0v) is 11.0. The van der Waals surface area contributed by atoms with E-state index in [4.69, 9.17) is 5.73 Å². The molecule has 0 aliphatic rings. The Kier molecular flexibility index (Phi) is 3.26. The summed E-state index contributed by atoms with van der Waals surface area (Å²) in [5.41, 5.74) is 8.07. The number of benzene rings is 1. The molecule has 0 spiro atoms. The van der Waals surface area contributed by atoms with Crippen molar-refractivity contribution < 1.29 is 0 Å². The van der Waals surface area contributed by atoms with Crippen LogP contribution in [0.15, 0.2) is 34.8 Å². The average Bonchev–Trinajstić information content (AvgIpc) is 2.27. The molecule has 0 fully saturated rings. The fourth-order valence-electron chi connectivity index (χ4n) is 1.65. The summed E-state index contributed by atoms with van der Waals surface area (Å²) in [5.74, 6) is 0.380. The van der Waals surface area contributed by atoms with Gasteiger partial charge in [0, 0.05) is 9.86 Å². The number of fused-ring (bicyclic) bond motifs is 1. The number of aromatic nitrogens is 1. The van der Waals surface area contributed by atoms with Crippen LogP contribution in [0.4, 0.5) is 0 Å². The van der Waals surface area contributed by atoms with Crippen LogP contribution in [-0.4, -0.2) is 4.98 Å². The molecule has 2 rings (SSSR count). The van der Waals surface area contributed by atoms with Crippen LogP contribution < -0.4 is 5.73 Å². The van der Waals surface area contributed by atoms with E-state index in [0.29, 0.717) is 5.92 Å². The second-order valence-corrected chi connectivity index (χ2v) is 5.17. The van der Waals surface area contributed by atoms with E-state index < -0.39 is 0 Å². The monoisotopic (exact) mass is 278 g/mol. The highest BCUT2D eigenvalue weighted by atomic mass is 79.9. The van der Waals surface area contributed by atoms with E-state index in [2.05, 4.69) is 46.9 Å². The minimum Gasteiger partial charge on any atom is -0.322 e. The molecule has 1 aromatic carbocycles. The summed E-state index contributed by atoms with van der Waals surface area (Å²) in [6.45, 7) is 4.21. The molecule has 16 heavy (non-hydrogen) atoms. The Bertz CT molecular complexity index is 508. The van der Waals surface area contributed by atoms with Crippen LogP contribution in [0.5, 0.6) is 0 Å². The largest absolute Gasteiger partial charge is 0.322 e. The van der Waals surface area contributed by atoms with Crippen molar-refractivity contribution in [3.63, 3.8) is 0 Å². The number of hydrogen-bond donors (Lipinski definition) is 1. The van der Waals surface area contributed by atoms with Gasteiger partial charge in [-0.25, -0.2) is 4.98 Å². The van der Waals surface area contributed by atoms with Crippen molar-refractivity contribution in [3.8, 4) is 0 Å². The third-order valence-corrected chi connectivity index (χ3v) is 3.37. The summed E-state index contributed by atoms with van der Waals surface area (Å²) >= 11 is 3.54. The maximum absolute atomic E-state index is 6.14. The molecule has 0 radical (unpaired) electrons. The fraction of sp³-hybridized carbons (Fsp3) is 0.308. The minimum absolute atomic E-state index is 0.0287. The molecule has 84 valence electrons. The fourth-order valence-corrected chi connectivity index (χ4v) is 2.25. The number of rotatable bonds is 2. The first kappa shape index (κ1) is 11.6. The van der Waals surface area contributed by atoms with Gasteiger partial charge in [0.15, 0.2) is 0 Å². The zero-order valence-electron chi connectivity index (χ0n) is 9.44. The molecule has 2 nitrogen and oxygen atoms in total. The Balaban J connectivity index is 2.58. The predicted octanol–water partition coefficient (Wildman–Crippen LogP) is 3.65. The number of nitrogens with two attached hydrogens (primary N) is 1. The molecule has 1 unspecified atom stereocenters. The van der Waals surface area contributed by atoms with Gasteiger partial charge in [-0.05, 0) is 34.0 Å². The average molecular weight is 279 g/mol. The highest BCUT2D eigenvalue weighted by Gasteiger charge is 2.15. The highest BCUT2D eigenvalue weighted by Crippen LogP contribution is 2.28. The molecule has 1 heterocycles. The Morgan fingerprint density at radius 2 is 1.94 bits per heavy atom. The lowest BCUT2D eigenvalue weighted by Crippen LogP contribution is -2.18. The van der Waals surface area contributed by atoms with Crippen molar-refractivity contribution in [2.75, 3.05) is 0 Å². The third-order valence-electron chi connectivity index (χ3n) is 2.74. The Morgan fingerprint density at radius 3 is 2.62 bits per heavy atom. The normalized spacial score (nSPS) is 13.3. The quantitative estimate of drug-likeness (QED) is 0.911. The first-order valence-electron chi connectivity index (χ1n) is 5.40. The van der Waals surface area contributed by atoms with E-state index >= 15 is 0 Å². The van der Waals surface area contributed by atoms with Gasteiger partial charge in [-0.15, -0.1) is 0 Å². The van der Waals surface area contributed by atoms with E-state index in [0.717, 1.165) is 21.1 Å². The van der Waals surface area contributed by atoms with Crippen LogP contribution in [0.1, 0.15) is 25.6 Å². The van der Waals surface area contributed by atoms with Gasteiger partial charge < -0.3 is 5.73 Å². The first-order valence-corrected chi connectivity index (χ1v) is 6.19. The van der Waals surface area contributed by atoms with Crippen molar-refractivity contribution in [2.45, 2.75) is 19.9 Å². The molecule has 0 aliphatic carbocycles. The van der Waals surface area contributed by atoms with E-state index in [-0.39, 0.29) is 6.04 Å². The second-order valence-electron chi connectivity index (χ2n) is 4.32. The number of pyridine rings is 1. The van der Waals surface area contributed by atoms with Crippen molar-refractivity contribution in [3.05, 3.63) is 40.5 Å². The van der Waals surface area contributed by atoms with Crippen LogP contribution >= 0.6 is 15.9 Å². The van der Waals surface area contributed by atoms with E-state index in [9.17, 15) is 0 Å². The van der Waals surface area contributed by atoms with Gasteiger partial charge in [0.1, 0.15) is 0 Å². The molecular weight excluding hydrogens is 264 g/mol. The zero-order chi connectivity index (χ0) is 11.7. The summed E-state index contributed by atoms with van der Waals surface area (Å²) in [6, 6.07) is 10.1. The molecule has 0 saturated carbocycles. The molecule has 1 atom stereocenters. The molecule has 3 heteroatoms. The lowest BCUT2D eigenvalue weighted by molar-refractivity contribution is 0.502. The molecule has 0 bridgehead atoms. The Morgan fingerprint density at radius 1 is 1.25 bits per heavy atom. The minimum atomic E-state index is -0.0287. The Hall–Kier alpha value is -0.930. The molecule has 2 N–H and O–H groups in total. The highest BCUT2D eigenvalue weighted by molar-refractivity contribution is 9.10. The summed E-state index contributed by atoms with van der Waals surface area (Å²) in [6.07, 6.45) is 0. The van der Waals surface area contributed by atoms with Gasteiger partial charge in [-0.1, -0.05) is 32.0 Å². The maximum Gasteiger partial charge on any atom is 0.0723 e. The standard InChI is InChI=1S/C13H15BrN2/c1-8(2)12(15)13-10(14)7-9-5-3-4-6-11(9)16-13/h3-8,12H,15H2,1-2H3. The van der Waals surface area contributed by atoms with Gasteiger partial charge >= 0.3 is 0 Å². The Labute approximate surface area is 104 Å². The van der Waals surface area contributed by atoms with E-state index in [1.807, 2.05) is 18.2 Å². The van der Waals surface area contributed by atoms with Crippen molar-refractivity contribution in [1.29, 1.82) is 0 Å². The first-order chi connectivity index (χ1) is 7.59. The van der Waals surface area contributed by atoms with Gasteiger partial charge in [-0.2, -0.15) is 0 Å². The van der Waals surface area contributed by atoms with Crippen LogP contribution in [-0.2, 0) is 0 Å². The van der Waals surface area contributed by atoms with Crippen molar-refractivity contribution >= 4 is 26.8 Å².